The van der Waals surface area contributed by atoms with Crippen molar-refractivity contribution < 1.29 is 9.26 Å². The van der Waals surface area contributed by atoms with Gasteiger partial charge in [-0.15, -0.1) is 0 Å². The molecule has 0 spiro atoms. The number of nitrogens with zero attached hydrogens (tertiary/aromatic N) is 2. The highest BCUT2D eigenvalue weighted by Gasteiger charge is 2.34. The van der Waals surface area contributed by atoms with E-state index in [1.807, 2.05) is 0 Å². The zero-order valence-electron chi connectivity index (χ0n) is 11.6. The number of hydrogen-bond acceptors (Lipinski definition) is 5. The van der Waals surface area contributed by atoms with Gasteiger partial charge in [0.2, 0.25) is 5.89 Å². The zero-order valence-corrected chi connectivity index (χ0v) is 11.6. The average molecular weight is 265 g/mol. The van der Waals surface area contributed by atoms with Crippen LogP contribution in [0.1, 0.15) is 50.7 Å². The molecule has 0 saturated carbocycles. The van der Waals surface area contributed by atoms with Gasteiger partial charge in [0.05, 0.1) is 0 Å². The molecule has 106 valence electrons. The predicted octanol–water partition coefficient (Wildman–Crippen LogP) is 2.07. The van der Waals surface area contributed by atoms with Crippen molar-refractivity contribution in [2.45, 2.75) is 64.1 Å². The van der Waals surface area contributed by atoms with Crippen molar-refractivity contribution in [3.8, 4) is 0 Å². The van der Waals surface area contributed by atoms with Crippen LogP contribution in [0, 0.1) is 5.92 Å². The number of hydrogen-bond donors (Lipinski definition) is 1. The SMILES string of the molecule is CCCOCc1noc(CC2CC3CCC(C2)N3)n1. The van der Waals surface area contributed by atoms with Crippen LogP contribution < -0.4 is 5.32 Å². The Morgan fingerprint density at radius 2 is 2.11 bits per heavy atom. The second-order valence-electron chi connectivity index (χ2n) is 5.84. The fraction of sp³-hybridized carbons (Fsp3) is 0.857. The molecule has 0 radical (unpaired) electrons. The molecule has 0 aliphatic carbocycles. The molecule has 2 aliphatic heterocycles. The molecule has 1 N–H and O–H groups in total. The van der Waals surface area contributed by atoms with Crippen molar-refractivity contribution in [1.82, 2.24) is 15.5 Å². The normalized spacial score (nSPS) is 29.8. The Bertz CT molecular complexity index is 395. The first-order chi connectivity index (χ1) is 9.33. The van der Waals surface area contributed by atoms with Crippen molar-refractivity contribution in [2.75, 3.05) is 6.61 Å². The van der Waals surface area contributed by atoms with Crippen LogP contribution in [0.3, 0.4) is 0 Å². The van der Waals surface area contributed by atoms with Crippen molar-refractivity contribution in [2.24, 2.45) is 5.92 Å². The highest BCUT2D eigenvalue weighted by Crippen LogP contribution is 2.32. The zero-order chi connectivity index (χ0) is 13.1. The fourth-order valence-corrected chi connectivity index (χ4v) is 3.33. The van der Waals surface area contributed by atoms with Crippen LogP contribution in [0.2, 0.25) is 0 Å². The summed E-state index contributed by atoms with van der Waals surface area (Å²) < 4.78 is 10.7. The molecule has 2 atom stereocenters. The summed E-state index contributed by atoms with van der Waals surface area (Å²) in [5, 5.41) is 7.64. The second kappa shape index (κ2) is 6.01. The Kier molecular flexibility index (Phi) is 4.13. The maximum atomic E-state index is 5.42. The van der Waals surface area contributed by atoms with E-state index in [1.165, 1.54) is 25.7 Å². The molecule has 5 nitrogen and oxygen atoms in total. The summed E-state index contributed by atoms with van der Waals surface area (Å²) in [6, 6.07) is 1.44. The molecule has 0 aromatic carbocycles. The second-order valence-corrected chi connectivity index (χ2v) is 5.84. The van der Waals surface area contributed by atoms with Crippen molar-refractivity contribution in [3.05, 3.63) is 11.7 Å². The third kappa shape index (κ3) is 3.34. The number of piperidine rings is 1. The third-order valence-corrected chi connectivity index (χ3v) is 4.12. The largest absolute Gasteiger partial charge is 0.373 e. The monoisotopic (exact) mass is 265 g/mol. The van der Waals surface area contributed by atoms with Crippen molar-refractivity contribution >= 4 is 0 Å². The van der Waals surface area contributed by atoms with E-state index in [0.717, 1.165) is 37.4 Å². The first kappa shape index (κ1) is 13.1. The lowest BCUT2D eigenvalue weighted by atomic mass is 9.90. The number of aromatic nitrogens is 2. The molecule has 0 amide bonds. The van der Waals surface area contributed by atoms with Gasteiger partial charge in [-0.05, 0) is 38.0 Å². The number of nitrogens with one attached hydrogen (secondary N) is 1. The molecule has 5 heteroatoms. The first-order valence-electron chi connectivity index (χ1n) is 7.48. The molecule has 2 aliphatic rings. The molecule has 2 fully saturated rings. The van der Waals surface area contributed by atoms with E-state index in [0.29, 0.717) is 18.3 Å². The van der Waals surface area contributed by atoms with Crippen LogP contribution in [0.15, 0.2) is 4.52 Å². The highest BCUT2D eigenvalue weighted by molar-refractivity contribution is 4.95. The van der Waals surface area contributed by atoms with E-state index in [2.05, 4.69) is 22.4 Å². The van der Waals surface area contributed by atoms with Crippen molar-refractivity contribution in [1.29, 1.82) is 0 Å². The van der Waals surface area contributed by atoms with E-state index in [4.69, 9.17) is 9.26 Å². The molecule has 19 heavy (non-hydrogen) atoms. The summed E-state index contributed by atoms with van der Waals surface area (Å²) in [7, 11) is 0. The molecular formula is C14H23N3O2. The van der Waals surface area contributed by atoms with Crippen molar-refractivity contribution in [3.63, 3.8) is 0 Å². The van der Waals surface area contributed by atoms with Gasteiger partial charge in [-0.3, -0.25) is 0 Å². The van der Waals surface area contributed by atoms with Gasteiger partial charge >= 0.3 is 0 Å². The summed E-state index contributed by atoms with van der Waals surface area (Å²) >= 11 is 0. The van der Waals surface area contributed by atoms with Gasteiger partial charge in [0.25, 0.3) is 0 Å². The minimum Gasteiger partial charge on any atom is -0.373 e. The van der Waals surface area contributed by atoms with Gasteiger partial charge in [-0.2, -0.15) is 4.98 Å². The Hall–Kier alpha value is -0.940. The average Bonchev–Trinajstić information content (AvgIpc) is 2.97. The quantitative estimate of drug-likeness (QED) is 0.798. The van der Waals surface area contributed by atoms with Crippen LogP contribution in [0.25, 0.3) is 0 Å². The molecule has 3 rings (SSSR count). The standard InChI is InChI=1S/C14H23N3O2/c1-2-5-18-9-13-16-14(19-17-13)8-10-6-11-3-4-12(7-10)15-11/h10-12,15H,2-9H2,1H3. The van der Waals surface area contributed by atoms with Gasteiger partial charge in [0.1, 0.15) is 6.61 Å². The topological polar surface area (TPSA) is 60.2 Å². The summed E-state index contributed by atoms with van der Waals surface area (Å²) in [6.07, 6.45) is 7.11. The van der Waals surface area contributed by atoms with E-state index >= 15 is 0 Å². The lowest BCUT2D eigenvalue weighted by Gasteiger charge is -2.27. The minimum absolute atomic E-state index is 0.467. The predicted molar refractivity (Wildman–Crippen MR) is 70.6 cm³/mol. The Balaban J connectivity index is 1.49. The molecule has 2 unspecified atom stereocenters. The molecule has 1 aromatic heterocycles. The molecular weight excluding hydrogens is 242 g/mol. The minimum atomic E-state index is 0.467. The Labute approximate surface area is 114 Å². The summed E-state index contributed by atoms with van der Waals surface area (Å²) in [5.41, 5.74) is 0. The molecule has 1 aromatic rings. The van der Waals surface area contributed by atoms with Crippen LogP contribution in [-0.2, 0) is 17.8 Å². The summed E-state index contributed by atoms with van der Waals surface area (Å²) in [5.74, 6) is 2.16. The van der Waals surface area contributed by atoms with Gasteiger partial charge in [-0.25, -0.2) is 0 Å². The Morgan fingerprint density at radius 3 is 2.84 bits per heavy atom. The highest BCUT2D eigenvalue weighted by atomic mass is 16.5. The summed E-state index contributed by atoms with van der Waals surface area (Å²) in [6.45, 7) is 3.31. The molecule has 2 bridgehead atoms. The maximum Gasteiger partial charge on any atom is 0.227 e. The first-order valence-corrected chi connectivity index (χ1v) is 7.48. The number of fused-ring (bicyclic) bond motifs is 2. The van der Waals surface area contributed by atoms with Crippen LogP contribution in [0.4, 0.5) is 0 Å². The van der Waals surface area contributed by atoms with Crippen LogP contribution in [0.5, 0.6) is 0 Å². The smallest absolute Gasteiger partial charge is 0.227 e. The fourth-order valence-electron chi connectivity index (χ4n) is 3.33. The third-order valence-electron chi connectivity index (χ3n) is 4.12. The van der Waals surface area contributed by atoms with Gasteiger partial charge in [0, 0.05) is 25.1 Å². The lowest BCUT2D eigenvalue weighted by molar-refractivity contribution is 0.114. The molecule has 2 saturated heterocycles. The Morgan fingerprint density at radius 1 is 1.32 bits per heavy atom. The summed E-state index contributed by atoms with van der Waals surface area (Å²) in [4.78, 5) is 4.42. The van der Waals surface area contributed by atoms with Crippen LogP contribution in [-0.4, -0.2) is 28.8 Å². The van der Waals surface area contributed by atoms with E-state index in [-0.39, 0.29) is 0 Å². The van der Waals surface area contributed by atoms with Gasteiger partial charge in [-0.1, -0.05) is 12.1 Å². The number of rotatable bonds is 6. The van der Waals surface area contributed by atoms with E-state index < -0.39 is 0 Å². The van der Waals surface area contributed by atoms with E-state index in [9.17, 15) is 0 Å². The maximum absolute atomic E-state index is 5.42. The van der Waals surface area contributed by atoms with Gasteiger partial charge in [0.15, 0.2) is 5.82 Å². The lowest BCUT2D eigenvalue weighted by Crippen LogP contribution is -2.38. The molecule has 3 heterocycles. The van der Waals surface area contributed by atoms with Crippen LogP contribution >= 0.6 is 0 Å². The number of ether oxygens (including phenoxy) is 1. The van der Waals surface area contributed by atoms with E-state index in [1.54, 1.807) is 0 Å². The van der Waals surface area contributed by atoms with Gasteiger partial charge < -0.3 is 14.6 Å².